The third kappa shape index (κ3) is 2.17. The molecule has 0 radical (unpaired) electrons. The molecule has 3 atom stereocenters. The molecule has 1 N–H and O–H groups in total. The van der Waals surface area contributed by atoms with E-state index in [0.29, 0.717) is 6.04 Å². The van der Waals surface area contributed by atoms with Crippen LogP contribution in [0.3, 0.4) is 0 Å². The average molecular weight is 248 g/mol. The van der Waals surface area contributed by atoms with E-state index in [1.807, 2.05) is 12.1 Å². The fourth-order valence-corrected chi connectivity index (χ4v) is 3.44. The van der Waals surface area contributed by atoms with Crippen molar-refractivity contribution in [2.45, 2.75) is 31.8 Å². The summed E-state index contributed by atoms with van der Waals surface area (Å²) in [6.07, 6.45) is 2.47. The minimum Gasteiger partial charge on any atom is -0.314 e. The fourth-order valence-electron chi connectivity index (χ4n) is 3.44. The maximum Gasteiger partial charge on any atom is 0.127 e. The van der Waals surface area contributed by atoms with E-state index >= 15 is 0 Å². The lowest BCUT2D eigenvalue weighted by Gasteiger charge is -2.38. The second-order valence-corrected chi connectivity index (χ2v) is 5.59. The first-order valence-electron chi connectivity index (χ1n) is 6.97. The molecule has 2 saturated heterocycles. The summed E-state index contributed by atoms with van der Waals surface area (Å²) in [7, 11) is 0. The Morgan fingerprint density at radius 3 is 3.00 bits per heavy atom. The largest absolute Gasteiger partial charge is 0.314 e. The summed E-state index contributed by atoms with van der Waals surface area (Å²) in [5, 5.41) is 3.57. The first kappa shape index (κ1) is 12.1. The second kappa shape index (κ2) is 4.98. The summed E-state index contributed by atoms with van der Waals surface area (Å²) in [5.74, 6) is 0.685. The van der Waals surface area contributed by atoms with Crippen LogP contribution in [-0.2, 0) is 0 Å². The second-order valence-electron chi connectivity index (χ2n) is 5.59. The zero-order valence-electron chi connectivity index (χ0n) is 10.9. The molecule has 2 aliphatic heterocycles. The van der Waals surface area contributed by atoms with Crippen LogP contribution in [0.1, 0.15) is 31.4 Å². The van der Waals surface area contributed by atoms with E-state index in [2.05, 4.69) is 17.1 Å². The van der Waals surface area contributed by atoms with Crippen LogP contribution >= 0.6 is 0 Å². The number of piperidine rings is 1. The molecule has 0 aliphatic carbocycles. The van der Waals surface area contributed by atoms with Crippen LogP contribution in [0.2, 0.25) is 0 Å². The normalized spacial score (nSPS) is 30.1. The Hall–Kier alpha value is -0.930. The van der Waals surface area contributed by atoms with Gasteiger partial charge in [-0.2, -0.15) is 0 Å². The molecule has 3 rings (SSSR count). The maximum absolute atomic E-state index is 13.8. The Kier molecular flexibility index (Phi) is 3.35. The van der Waals surface area contributed by atoms with Crippen molar-refractivity contribution in [3.63, 3.8) is 0 Å². The predicted molar refractivity (Wildman–Crippen MR) is 70.9 cm³/mol. The average Bonchev–Trinajstić information content (AvgIpc) is 2.85. The smallest absolute Gasteiger partial charge is 0.127 e. The zero-order chi connectivity index (χ0) is 12.5. The molecular weight excluding hydrogens is 227 g/mol. The van der Waals surface area contributed by atoms with Crippen LogP contribution in [0, 0.1) is 11.7 Å². The van der Waals surface area contributed by atoms with Crippen molar-refractivity contribution in [3.05, 3.63) is 35.6 Å². The zero-order valence-corrected chi connectivity index (χ0v) is 10.9. The number of hydrogen-bond acceptors (Lipinski definition) is 2. The third-order valence-electron chi connectivity index (χ3n) is 4.59. The van der Waals surface area contributed by atoms with Crippen molar-refractivity contribution in [1.82, 2.24) is 10.2 Å². The van der Waals surface area contributed by atoms with Gasteiger partial charge < -0.3 is 5.32 Å². The molecule has 0 spiro atoms. The number of nitrogens with one attached hydrogen (secondary N) is 1. The minimum atomic E-state index is -0.0725. The standard InChI is InChI=1S/C15H21FN2/c1-11(13-4-2-3-5-14(13)16)18-9-7-15-12(10-18)6-8-17-15/h2-5,11-12,15,17H,6-10H2,1H3. The molecule has 98 valence electrons. The maximum atomic E-state index is 13.8. The lowest BCUT2D eigenvalue weighted by atomic mass is 9.91. The molecule has 2 aliphatic rings. The SMILES string of the molecule is CC(c1ccccc1F)N1CCC2NCCC2C1. The number of likely N-dealkylation sites (tertiary alicyclic amines) is 1. The van der Waals surface area contributed by atoms with Crippen molar-refractivity contribution in [1.29, 1.82) is 0 Å². The van der Waals surface area contributed by atoms with Gasteiger partial charge in [-0.3, -0.25) is 4.90 Å². The Balaban J connectivity index is 1.73. The van der Waals surface area contributed by atoms with Gasteiger partial charge in [0.05, 0.1) is 0 Å². The van der Waals surface area contributed by atoms with Gasteiger partial charge in [0.25, 0.3) is 0 Å². The van der Waals surface area contributed by atoms with Crippen LogP contribution < -0.4 is 5.32 Å². The molecule has 18 heavy (non-hydrogen) atoms. The van der Waals surface area contributed by atoms with E-state index in [1.165, 1.54) is 12.8 Å². The molecule has 0 saturated carbocycles. The van der Waals surface area contributed by atoms with E-state index in [9.17, 15) is 4.39 Å². The van der Waals surface area contributed by atoms with E-state index < -0.39 is 0 Å². The lowest BCUT2D eigenvalue weighted by molar-refractivity contribution is 0.121. The Labute approximate surface area is 108 Å². The Morgan fingerprint density at radius 2 is 2.17 bits per heavy atom. The van der Waals surface area contributed by atoms with Crippen LogP contribution in [-0.4, -0.2) is 30.6 Å². The first-order chi connectivity index (χ1) is 8.75. The van der Waals surface area contributed by atoms with E-state index in [0.717, 1.165) is 31.1 Å². The fraction of sp³-hybridized carbons (Fsp3) is 0.600. The first-order valence-corrected chi connectivity index (χ1v) is 6.97. The number of halogens is 1. The summed E-state index contributed by atoms with van der Waals surface area (Å²) in [6.45, 7) is 5.45. The summed E-state index contributed by atoms with van der Waals surface area (Å²) < 4.78 is 13.8. The molecule has 2 heterocycles. The van der Waals surface area contributed by atoms with Crippen molar-refractivity contribution < 1.29 is 4.39 Å². The molecule has 0 aromatic heterocycles. The number of nitrogens with zero attached hydrogens (tertiary/aromatic N) is 1. The van der Waals surface area contributed by atoms with Crippen molar-refractivity contribution in [2.24, 2.45) is 5.92 Å². The Bertz CT molecular complexity index is 421. The van der Waals surface area contributed by atoms with Gasteiger partial charge in [0.1, 0.15) is 5.82 Å². The van der Waals surface area contributed by atoms with Gasteiger partial charge in [-0.15, -0.1) is 0 Å². The van der Waals surface area contributed by atoms with Gasteiger partial charge in [-0.05, 0) is 38.3 Å². The molecule has 2 nitrogen and oxygen atoms in total. The topological polar surface area (TPSA) is 15.3 Å². The summed E-state index contributed by atoms with van der Waals surface area (Å²) in [4.78, 5) is 2.44. The highest BCUT2D eigenvalue weighted by atomic mass is 19.1. The van der Waals surface area contributed by atoms with Crippen LogP contribution in [0.5, 0.6) is 0 Å². The number of fused-ring (bicyclic) bond motifs is 1. The molecular formula is C15H21FN2. The highest BCUT2D eigenvalue weighted by Crippen LogP contribution is 2.31. The lowest BCUT2D eigenvalue weighted by Crippen LogP contribution is -2.45. The van der Waals surface area contributed by atoms with Crippen LogP contribution in [0.15, 0.2) is 24.3 Å². The summed E-state index contributed by atoms with van der Waals surface area (Å²) in [6, 6.07) is 8.06. The van der Waals surface area contributed by atoms with Crippen LogP contribution in [0.25, 0.3) is 0 Å². The van der Waals surface area contributed by atoms with Gasteiger partial charge in [-0.25, -0.2) is 4.39 Å². The van der Waals surface area contributed by atoms with Crippen molar-refractivity contribution >= 4 is 0 Å². The molecule has 3 unspecified atom stereocenters. The van der Waals surface area contributed by atoms with Crippen molar-refractivity contribution in [2.75, 3.05) is 19.6 Å². The van der Waals surface area contributed by atoms with Gasteiger partial charge in [-0.1, -0.05) is 18.2 Å². The van der Waals surface area contributed by atoms with E-state index in [4.69, 9.17) is 0 Å². The molecule has 1 aromatic carbocycles. The van der Waals surface area contributed by atoms with Gasteiger partial charge >= 0.3 is 0 Å². The van der Waals surface area contributed by atoms with E-state index in [1.54, 1.807) is 12.1 Å². The van der Waals surface area contributed by atoms with Gasteiger partial charge in [0.15, 0.2) is 0 Å². The number of benzene rings is 1. The van der Waals surface area contributed by atoms with Crippen LogP contribution in [0.4, 0.5) is 4.39 Å². The highest BCUT2D eigenvalue weighted by molar-refractivity contribution is 5.21. The molecule has 2 fully saturated rings. The highest BCUT2D eigenvalue weighted by Gasteiger charge is 2.34. The predicted octanol–water partition coefficient (Wildman–Crippen LogP) is 2.57. The molecule has 0 amide bonds. The van der Waals surface area contributed by atoms with E-state index in [-0.39, 0.29) is 11.9 Å². The summed E-state index contributed by atoms with van der Waals surface area (Å²) in [5.41, 5.74) is 0.835. The quantitative estimate of drug-likeness (QED) is 0.865. The molecule has 3 heteroatoms. The minimum absolute atomic E-state index is 0.0725. The monoisotopic (exact) mass is 248 g/mol. The molecule has 0 bridgehead atoms. The third-order valence-corrected chi connectivity index (χ3v) is 4.59. The van der Waals surface area contributed by atoms with Gasteiger partial charge in [0.2, 0.25) is 0 Å². The van der Waals surface area contributed by atoms with Gasteiger partial charge in [0, 0.05) is 30.7 Å². The summed E-state index contributed by atoms with van der Waals surface area (Å²) >= 11 is 0. The Morgan fingerprint density at radius 1 is 1.33 bits per heavy atom. The number of hydrogen-bond donors (Lipinski definition) is 1. The van der Waals surface area contributed by atoms with Crippen molar-refractivity contribution in [3.8, 4) is 0 Å². The number of rotatable bonds is 2. The molecule has 1 aromatic rings.